The van der Waals surface area contributed by atoms with Crippen LogP contribution in [0.2, 0.25) is 0 Å². The third kappa shape index (κ3) is 5.85. The molecule has 0 radical (unpaired) electrons. The van der Waals surface area contributed by atoms with Crippen molar-refractivity contribution in [2.45, 2.75) is 19.4 Å². The topological polar surface area (TPSA) is 97.9 Å². The average molecular weight is 462 g/mol. The molecule has 3 aromatic rings. The maximum absolute atomic E-state index is 12.5. The van der Waals surface area contributed by atoms with E-state index in [0.717, 1.165) is 25.1 Å². The molecule has 0 aromatic heterocycles. The summed E-state index contributed by atoms with van der Waals surface area (Å²) in [5, 5.41) is 8.89. The highest BCUT2D eigenvalue weighted by Gasteiger charge is 2.13. The van der Waals surface area contributed by atoms with Gasteiger partial charge in [0.25, 0.3) is 0 Å². The van der Waals surface area contributed by atoms with Crippen molar-refractivity contribution in [3.8, 4) is 17.2 Å². The van der Waals surface area contributed by atoms with Crippen LogP contribution in [0.4, 0.5) is 16.2 Å². The molecule has 1 heterocycles. The number of fused-ring (bicyclic) bond motifs is 1. The van der Waals surface area contributed by atoms with E-state index in [-0.39, 0.29) is 12.3 Å². The van der Waals surface area contributed by atoms with Crippen molar-refractivity contribution in [2.75, 3.05) is 31.4 Å². The van der Waals surface area contributed by atoms with Crippen LogP contribution in [0.3, 0.4) is 0 Å². The summed E-state index contributed by atoms with van der Waals surface area (Å²) in [6, 6.07) is 17.9. The lowest BCUT2D eigenvalue weighted by molar-refractivity contribution is -0.115. The van der Waals surface area contributed by atoms with Crippen molar-refractivity contribution in [3.63, 3.8) is 0 Å². The number of amides is 2. The average Bonchev–Trinajstić information content (AvgIpc) is 2.84. The minimum Gasteiger partial charge on any atom is -0.493 e. The molecule has 1 aliphatic rings. The molecular formula is C26H27N3O5. The highest BCUT2D eigenvalue weighted by molar-refractivity contribution is 5.93. The van der Waals surface area contributed by atoms with Crippen LogP contribution >= 0.6 is 0 Å². The van der Waals surface area contributed by atoms with Crippen molar-refractivity contribution >= 4 is 23.4 Å². The van der Waals surface area contributed by atoms with Crippen molar-refractivity contribution in [1.29, 1.82) is 0 Å². The molecule has 0 saturated carbocycles. The molecule has 0 fully saturated rings. The van der Waals surface area contributed by atoms with Crippen molar-refractivity contribution in [1.82, 2.24) is 5.32 Å². The van der Waals surface area contributed by atoms with Gasteiger partial charge < -0.3 is 24.8 Å². The molecule has 0 spiro atoms. The van der Waals surface area contributed by atoms with Gasteiger partial charge in [0.1, 0.15) is 5.75 Å². The summed E-state index contributed by atoms with van der Waals surface area (Å²) < 4.78 is 15.9. The number of hydrogen-bond donors (Lipinski definition) is 3. The first kappa shape index (κ1) is 23.1. The Morgan fingerprint density at radius 1 is 0.882 bits per heavy atom. The SMILES string of the molecule is COc1ccc(NC(=O)Cc2cccc(NC(=O)Oc3ccc4c(c3)CCNC4)c2)cc1OC. The number of ether oxygens (including phenoxy) is 3. The molecule has 2 amide bonds. The van der Waals surface area contributed by atoms with Gasteiger partial charge in [-0.1, -0.05) is 18.2 Å². The highest BCUT2D eigenvalue weighted by atomic mass is 16.6. The van der Waals surface area contributed by atoms with Gasteiger partial charge in [0.15, 0.2) is 11.5 Å². The van der Waals surface area contributed by atoms with Crippen LogP contribution in [0.25, 0.3) is 0 Å². The zero-order valence-electron chi connectivity index (χ0n) is 19.1. The van der Waals surface area contributed by atoms with E-state index in [9.17, 15) is 9.59 Å². The molecule has 0 aliphatic carbocycles. The molecule has 4 rings (SSSR count). The Kier molecular flexibility index (Phi) is 7.29. The minimum atomic E-state index is -0.583. The third-order valence-electron chi connectivity index (χ3n) is 5.48. The van der Waals surface area contributed by atoms with Gasteiger partial charge in [0, 0.05) is 24.0 Å². The van der Waals surface area contributed by atoms with E-state index < -0.39 is 6.09 Å². The van der Waals surface area contributed by atoms with Crippen LogP contribution in [-0.4, -0.2) is 32.8 Å². The predicted octanol–water partition coefficient (Wildman–Crippen LogP) is 4.14. The van der Waals surface area contributed by atoms with Crippen molar-refractivity contribution < 1.29 is 23.8 Å². The summed E-state index contributed by atoms with van der Waals surface area (Å²) in [4.78, 5) is 24.9. The maximum atomic E-state index is 12.5. The first-order valence-electron chi connectivity index (χ1n) is 11.0. The number of carbonyl (C=O) groups excluding carboxylic acids is 2. The summed E-state index contributed by atoms with van der Waals surface area (Å²) in [5.74, 6) is 1.42. The molecule has 3 N–H and O–H groups in total. The van der Waals surface area contributed by atoms with Crippen molar-refractivity contribution in [3.05, 3.63) is 77.4 Å². The van der Waals surface area contributed by atoms with Crippen LogP contribution in [0.1, 0.15) is 16.7 Å². The molecular weight excluding hydrogens is 434 g/mol. The Bertz CT molecular complexity index is 1120. The summed E-state index contributed by atoms with van der Waals surface area (Å²) >= 11 is 0. The molecule has 0 bridgehead atoms. The molecule has 8 heteroatoms. The second-order valence-electron chi connectivity index (χ2n) is 7.87. The molecule has 8 nitrogen and oxygen atoms in total. The molecule has 0 atom stereocenters. The Labute approximate surface area is 198 Å². The van der Waals surface area contributed by atoms with Gasteiger partial charge in [-0.25, -0.2) is 4.79 Å². The highest BCUT2D eigenvalue weighted by Crippen LogP contribution is 2.29. The smallest absolute Gasteiger partial charge is 0.417 e. The van der Waals surface area contributed by atoms with E-state index in [1.54, 1.807) is 49.6 Å². The van der Waals surface area contributed by atoms with Gasteiger partial charge >= 0.3 is 6.09 Å². The lowest BCUT2D eigenvalue weighted by atomic mass is 10.0. The van der Waals surface area contributed by atoms with Gasteiger partial charge in [-0.15, -0.1) is 0 Å². The lowest BCUT2D eigenvalue weighted by Crippen LogP contribution is -2.23. The summed E-state index contributed by atoms with van der Waals surface area (Å²) in [6.45, 7) is 1.74. The number of nitrogens with one attached hydrogen (secondary N) is 3. The second kappa shape index (κ2) is 10.7. The van der Waals surface area contributed by atoms with E-state index in [2.05, 4.69) is 16.0 Å². The monoisotopic (exact) mass is 461 g/mol. The van der Waals surface area contributed by atoms with E-state index >= 15 is 0 Å². The Morgan fingerprint density at radius 2 is 1.71 bits per heavy atom. The van der Waals surface area contributed by atoms with Crippen molar-refractivity contribution in [2.24, 2.45) is 0 Å². The van der Waals surface area contributed by atoms with Gasteiger partial charge in [0.05, 0.1) is 20.6 Å². The Morgan fingerprint density at radius 3 is 2.53 bits per heavy atom. The minimum absolute atomic E-state index is 0.137. The van der Waals surface area contributed by atoms with E-state index in [1.165, 1.54) is 18.2 Å². The maximum Gasteiger partial charge on any atom is 0.417 e. The van der Waals surface area contributed by atoms with Crippen LogP contribution in [0.5, 0.6) is 17.2 Å². The lowest BCUT2D eigenvalue weighted by Gasteiger charge is -2.17. The fourth-order valence-electron chi connectivity index (χ4n) is 3.83. The van der Waals surface area contributed by atoms with Gasteiger partial charge in [-0.05, 0) is 66.1 Å². The number of hydrogen-bond acceptors (Lipinski definition) is 6. The van der Waals surface area contributed by atoms with Gasteiger partial charge in [-0.3, -0.25) is 10.1 Å². The Hall–Kier alpha value is -4.04. The molecule has 1 aliphatic heterocycles. The quantitative estimate of drug-likeness (QED) is 0.489. The number of carbonyl (C=O) groups is 2. The largest absolute Gasteiger partial charge is 0.493 e. The van der Waals surface area contributed by atoms with Crippen LogP contribution in [0, 0.1) is 0 Å². The van der Waals surface area contributed by atoms with E-state index in [1.807, 2.05) is 18.2 Å². The predicted molar refractivity (Wildman–Crippen MR) is 130 cm³/mol. The number of rotatable bonds is 7. The van der Waals surface area contributed by atoms with Crippen LogP contribution in [-0.2, 0) is 24.2 Å². The fourth-order valence-corrected chi connectivity index (χ4v) is 3.83. The number of anilines is 2. The number of methoxy groups -OCH3 is 2. The molecule has 34 heavy (non-hydrogen) atoms. The zero-order valence-corrected chi connectivity index (χ0v) is 19.1. The van der Waals surface area contributed by atoms with Crippen LogP contribution in [0.15, 0.2) is 60.7 Å². The zero-order chi connectivity index (χ0) is 23.9. The first-order chi connectivity index (χ1) is 16.5. The van der Waals surface area contributed by atoms with E-state index in [4.69, 9.17) is 14.2 Å². The first-order valence-corrected chi connectivity index (χ1v) is 11.0. The Balaban J connectivity index is 1.34. The fraction of sp³-hybridized carbons (Fsp3) is 0.231. The van der Waals surface area contributed by atoms with Gasteiger partial charge in [-0.2, -0.15) is 0 Å². The molecule has 3 aromatic carbocycles. The summed E-state index contributed by atoms with van der Waals surface area (Å²) in [5.41, 5.74) is 4.30. The second-order valence-corrected chi connectivity index (χ2v) is 7.87. The molecule has 0 unspecified atom stereocenters. The summed E-state index contributed by atoms with van der Waals surface area (Å²) in [6.07, 6.45) is 0.458. The molecule has 0 saturated heterocycles. The van der Waals surface area contributed by atoms with Gasteiger partial charge in [0.2, 0.25) is 5.91 Å². The third-order valence-corrected chi connectivity index (χ3v) is 5.48. The summed E-state index contributed by atoms with van der Waals surface area (Å²) in [7, 11) is 3.09. The van der Waals surface area contributed by atoms with Crippen LogP contribution < -0.4 is 30.2 Å². The van der Waals surface area contributed by atoms with E-state index in [0.29, 0.717) is 28.6 Å². The molecule has 176 valence electrons. The number of benzene rings is 3. The standard InChI is InChI=1S/C26H27N3O5/c1-32-23-9-7-21(15-24(23)33-2)28-25(30)13-17-4-3-5-20(12-17)29-26(31)34-22-8-6-19-16-27-11-10-18(19)14-22/h3-9,12,14-15,27H,10-11,13,16H2,1-2H3,(H,28,30)(H,29,31). The normalized spacial score (nSPS) is 12.3.